The Kier molecular flexibility index (Phi) is 4.55. The number of nitrogens with one attached hydrogen (secondary N) is 1. The lowest BCUT2D eigenvalue weighted by atomic mass is 10.1. The third-order valence-electron chi connectivity index (χ3n) is 2.35. The molecule has 1 aromatic heterocycles. The number of amides is 1. The van der Waals surface area contributed by atoms with E-state index in [0.717, 1.165) is 11.3 Å². The summed E-state index contributed by atoms with van der Waals surface area (Å²) in [5, 5.41) is 13.7. The van der Waals surface area contributed by atoms with Crippen molar-refractivity contribution in [1.29, 1.82) is 0 Å². The molecule has 2 rings (SSSR count). The van der Waals surface area contributed by atoms with Crippen LogP contribution in [0, 0.1) is 0 Å². The highest BCUT2D eigenvalue weighted by Crippen LogP contribution is 2.32. The van der Waals surface area contributed by atoms with Gasteiger partial charge in [0.15, 0.2) is 0 Å². The second-order valence-corrected chi connectivity index (χ2v) is 5.83. The maximum absolute atomic E-state index is 12.0. The van der Waals surface area contributed by atoms with Crippen LogP contribution < -0.4 is 5.32 Å². The number of carboxylic acid groups (broad SMARTS) is 1. The van der Waals surface area contributed by atoms with Crippen LogP contribution in [0.3, 0.4) is 0 Å². The second kappa shape index (κ2) is 6.01. The molecule has 20 heavy (non-hydrogen) atoms. The van der Waals surface area contributed by atoms with Crippen LogP contribution in [0.4, 0.5) is 5.69 Å². The van der Waals surface area contributed by atoms with Crippen molar-refractivity contribution in [2.75, 3.05) is 5.32 Å². The lowest BCUT2D eigenvalue weighted by molar-refractivity contribution is 0.0698. The Labute approximate surface area is 132 Å². The van der Waals surface area contributed by atoms with Crippen molar-refractivity contribution in [2.24, 2.45) is 0 Å². The van der Waals surface area contributed by atoms with Crippen molar-refractivity contribution in [1.82, 2.24) is 0 Å². The lowest BCUT2D eigenvalue weighted by Gasteiger charge is -2.10. The zero-order valence-electron chi connectivity index (χ0n) is 9.62. The van der Waals surface area contributed by atoms with E-state index < -0.39 is 11.9 Å². The van der Waals surface area contributed by atoms with Crippen LogP contribution in [0.5, 0.6) is 0 Å². The number of aromatic carboxylic acids is 1. The van der Waals surface area contributed by atoms with Crippen molar-refractivity contribution in [3.05, 3.63) is 49.1 Å². The fourth-order valence-corrected chi connectivity index (χ4v) is 3.07. The van der Waals surface area contributed by atoms with Gasteiger partial charge in [-0.1, -0.05) is 34.8 Å². The van der Waals surface area contributed by atoms with Gasteiger partial charge < -0.3 is 10.4 Å². The predicted molar refractivity (Wildman–Crippen MR) is 80.7 cm³/mol. The van der Waals surface area contributed by atoms with E-state index in [4.69, 9.17) is 39.9 Å². The van der Waals surface area contributed by atoms with Gasteiger partial charge in [0.25, 0.3) is 5.91 Å². The molecule has 1 aromatic carbocycles. The molecule has 2 N–H and O–H groups in total. The number of carbonyl (C=O) groups is 2. The minimum absolute atomic E-state index is 0.0157. The molecule has 0 atom stereocenters. The maximum atomic E-state index is 12.0. The van der Waals surface area contributed by atoms with Gasteiger partial charge in [0.05, 0.1) is 21.3 Å². The van der Waals surface area contributed by atoms with Crippen molar-refractivity contribution < 1.29 is 14.7 Å². The molecule has 0 spiro atoms. The van der Waals surface area contributed by atoms with Gasteiger partial charge in [-0.15, -0.1) is 11.3 Å². The third-order valence-corrected chi connectivity index (χ3v) is 4.20. The van der Waals surface area contributed by atoms with Crippen LogP contribution in [-0.4, -0.2) is 17.0 Å². The van der Waals surface area contributed by atoms with Crippen LogP contribution in [0.25, 0.3) is 0 Å². The summed E-state index contributed by atoms with van der Waals surface area (Å²) in [7, 11) is 0. The first kappa shape index (κ1) is 15.1. The SMILES string of the molecule is O=C(O)c1cc(Cl)cc(Cl)c1NC(=O)c1sccc1Cl. The molecule has 1 amide bonds. The van der Waals surface area contributed by atoms with Crippen molar-refractivity contribution in [2.45, 2.75) is 0 Å². The summed E-state index contributed by atoms with van der Waals surface area (Å²) in [4.78, 5) is 23.5. The Morgan fingerprint density at radius 1 is 1.15 bits per heavy atom. The second-order valence-electron chi connectivity index (χ2n) is 3.67. The number of benzene rings is 1. The van der Waals surface area contributed by atoms with Gasteiger partial charge >= 0.3 is 5.97 Å². The maximum Gasteiger partial charge on any atom is 0.337 e. The molecule has 0 bridgehead atoms. The van der Waals surface area contributed by atoms with Gasteiger partial charge in [0.1, 0.15) is 4.88 Å². The number of thiophene rings is 1. The average molecular weight is 351 g/mol. The summed E-state index contributed by atoms with van der Waals surface area (Å²) in [6.07, 6.45) is 0. The quantitative estimate of drug-likeness (QED) is 0.846. The molecule has 0 aliphatic carbocycles. The summed E-state index contributed by atoms with van der Waals surface area (Å²) in [6, 6.07) is 4.13. The number of halogens is 3. The van der Waals surface area contributed by atoms with Gasteiger partial charge in [-0.05, 0) is 23.6 Å². The number of anilines is 1. The highest BCUT2D eigenvalue weighted by molar-refractivity contribution is 7.12. The van der Waals surface area contributed by atoms with Crippen LogP contribution in [0.2, 0.25) is 15.1 Å². The Morgan fingerprint density at radius 3 is 2.40 bits per heavy atom. The van der Waals surface area contributed by atoms with E-state index in [-0.39, 0.29) is 31.2 Å². The Bertz CT molecular complexity index is 699. The summed E-state index contributed by atoms with van der Waals surface area (Å²) < 4.78 is 0. The van der Waals surface area contributed by atoms with E-state index >= 15 is 0 Å². The normalized spacial score (nSPS) is 10.3. The van der Waals surface area contributed by atoms with E-state index in [1.165, 1.54) is 12.1 Å². The number of carboxylic acids is 1. The third kappa shape index (κ3) is 3.07. The summed E-state index contributed by atoms with van der Waals surface area (Å²) in [5.74, 6) is -1.78. The van der Waals surface area contributed by atoms with E-state index in [1.807, 2.05) is 0 Å². The predicted octanol–water partition coefficient (Wildman–Crippen LogP) is 4.66. The van der Waals surface area contributed by atoms with E-state index in [2.05, 4.69) is 5.32 Å². The zero-order valence-corrected chi connectivity index (χ0v) is 12.7. The zero-order chi connectivity index (χ0) is 14.9. The smallest absolute Gasteiger partial charge is 0.337 e. The first-order valence-electron chi connectivity index (χ1n) is 5.17. The Morgan fingerprint density at radius 2 is 1.85 bits per heavy atom. The number of hydrogen-bond acceptors (Lipinski definition) is 3. The standard InChI is InChI=1S/C12H6Cl3NO3S/c13-5-3-6(12(18)19)9(8(15)4-5)16-11(17)10-7(14)1-2-20-10/h1-4H,(H,16,17)(H,18,19). The fraction of sp³-hybridized carbons (Fsp3) is 0. The summed E-state index contributed by atoms with van der Waals surface area (Å²) >= 11 is 18.7. The largest absolute Gasteiger partial charge is 0.478 e. The molecule has 0 radical (unpaired) electrons. The van der Waals surface area contributed by atoms with Crippen LogP contribution in [0.15, 0.2) is 23.6 Å². The fourth-order valence-electron chi connectivity index (χ4n) is 1.50. The minimum Gasteiger partial charge on any atom is -0.478 e. The minimum atomic E-state index is -1.25. The lowest BCUT2D eigenvalue weighted by Crippen LogP contribution is -2.14. The molecule has 4 nitrogen and oxygen atoms in total. The molecule has 8 heteroatoms. The molecule has 0 unspecified atom stereocenters. The summed E-state index contributed by atoms with van der Waals surface area (Å²) in [6.45, 7) is 0. The van der Waals surface area contributed by atoms with Crippen LogP contribution in [0.1, 0.15) is 20.0 Å². The van der Waals surface area contributed by atoms with Crippen LogP contribution in [-0.2, 0) is 0 Å². The Hall–Kier alpha value is -1.27. The van der Waals surface area contributed by atoms with Crippen molar-refractivity contribution in [3.8, 4) is 0 Å². The highest BCUT2D eigenvalue weighted by Gasteiger charge is 2.19. The topological polar surface area (TPSA) is 66.4 Å². The van der Waals surface area contributed by atoms with Gasteiger partial charge in [-0.2, -0.15) is 0 Å². The Balaban J connectivity index is 2.41. The molecular formula is C12H6Cl3NO3S. The number of carbonyl (C=O) groups excluding carboxylic acids is 1. The molecule has 0 aliphatic heterocycles. The van der Waals surface area contributed by atoms with Gasteiger partial charge in [0, 0.05) is 5.02 Å². The first-order valence-corrected chi connectivity index (χ1v) is 7.18. The van der Waals surface area contributed by atoms with Crippen molar-refractivity contribution in [3.63, 3.8) is 0 Å². The first-order chi connectivity index (χ1) is 9.40. The molecule has 1 heterocycles. The van der Waals surface area contributed by atoms with Crippen molar-refractivity contribution >= 4 is 63.7 Å². The van der Waals surface area contributed by atoms with E-state index in [9.17, 15) is 9.59 Å². The number of rotatable bonds is 3. The van der Waals surface area contributed by atoms with E-state index in [1.54, 1.807) is 11.4 Å². The van der Waals surface area contributed by atoms with Gasteiger partial charge in [-0.3, -0.25) is 4.79 Å². The van der Waals surface area contributed by atoms with Crippen LogP contribution >= 0.6 is 46.1 Å². The molecule has 0 saturated carbocycles. The highest BCUT2D eigenvalue weighted by atomic mass is 35.5. The molecule has 2 aromatic rings. The van der Waals surface area contributed by atoms with E-state index in [0.29, 0.717) is 0 Å². The number of hydrogen-bond donors (Lipinski definition) is 2. The molecule has 0 aliphatic rings. The molecule has 104 valence electrons. The monoisotopic (exact) mass is 349 g/mol. The molecule has 0 fully saturated rings. The molecular weight excluding hydrogens is 345 g/mol. The van der Waals surface area contributed by atoms with Gasteiger partial charge in [0.2, 0.25) is 0 Å². The molecule has 0 saturated heterocycles. The van der Waals surface area contributed by atoms with Gasteiger partial charge in [-0.25, -0.2) is 4.79 Å². The average Bonchev–Trinajstić information content (AvgIpc) is 2.78. The summed E-state index contributed by atoms with van der Waals surface area (Å²) in [5.41, 5.74) is -0.207.